The van der Waals surface area contributed by atoms with Gasteiger partial charge in [0, 0.05) is 5.54 Å². The molecule has 0 radical (unpaired) electrons. The number of carbonyl (C=O) groups excluding carboxylic acids is 1. The Balaban J connectivity index is 1.86. The molecule has 2 N–H and O–H groups in total. The van der Waals surface area contributed by atoms with Gasteiger partial charge in [-0.25, -0.2) is 0 Å². The lowest BCUT2D eigenvalue weighted by Gasteiger charge is -2.27. The van der Waals surface area contributed by atoms with E-state index < -0.39 is 0 Å². The van der Waals surface area contributed by atoms with Crippen LogP contribution in [0.1, 0.15) is 39.5 Å². The minimum Gasteiger partial charge on any atom is -0.350 e. The SMILES string of the molecule is CC(C)(NC(=O)[C@@H]1CCCN1)C1CC1. The Morgan fingerprint density at radius 2 is 2.07 bits per heavy atom. The van der Waals surface area contributed by atoms with Gasteiger partial charge in [0.1, 0.15) is 0 Å². The predicted octanol–water partition coefficient (Wildman–Crippen LogP) is 1.04. The van der Waals surface area contributed by atoms with Crippen molar-refractivity contribution in [3.63, 3.8) is 0 Å². The molecule has 0 bridgehead atoms. The topological polar surface area (TPSA) is 41.1 Å². The minimum absolute atomic E-state index is 0.00134. The van der Waals surface area contributed by atoms with Crippen LogP contribution in [-0.2, 0) is 4.79 Å². The molecule has 1 heterocycles. The minimum atomic E-state index is 0.00134. The third kappa shape index (κ3) is 2.08. The largest absolute Gasteiger partial charge is 0.350 e. The van der Waals surface area contributed by atoms with E-state index in [1.54, 1.807) is 0 Å². The summed E-state index contributed by atoms with van der Waals surface area (Å²) in [5.74, 6) is 0.896. The molecular weight excluding hydrogens is 176 g/mol. The van der Waals surface area contributed by atoms with E-state index in [0.29, 0.717) is 5.92 Å². The van der Waals surface area contributed by atoms with Gasteiger partial charge in [-0.3, -0.25) is 4.79 Å². The highest BCUT2D eigenvalue weighted by Crippen LogP contribution is 2.39. The summed E-state index contributed by atoms with van der Waals surface area (Å²) >= 11 is 0. The summed E-state index contributed by atoms with van der Waals surface area (Å²) in [5, 5.41) is 6.38. The summed E-state index contributed by atoms with van der Waals surface area (Å²) in [6.45, 7) is 5.26. The molecule has 0 aromatic rings. The number of rotatable bonds is 3. The van der Waals surface area contributed by atoms with Gasteiger partial charge in [-0.05, 0) is 52.0 Å². The smallest absolute Gasteiger partial charge is 0.237 e. The third-order valence-corrected chi connectivity index (χ3v) is 3.42. The van der Waals surface area contributed by atoms with E-state index in [4.69, 9.17) is 0 Å². The van der Waals surface area contributed by atoms with E-state index in [1.807, 2.05) is 0 Å². The maximum absolute atomic E-state index is 11.8. The van der Waals surface area contributed by atoms with Crippen molar-refractivity contribution in [3.8, 4) is 0 Å². The van der Waals surface area contributed by atoms with Crippen LogP contribution in [0.5, 0.6) is 0 Å². The first-order valence-corrected chi connectivity index (χ1v) is 5.65. The van der Waals surface area contributed by atoms with Gasteiger partial charge in [-0.15, -0.1) is 0 Å². The molecule has 80 valence electrons. The second-order valence-electron chi connectivity index (χ2n) is 5.13. The fourth-order valence-electron chi connectivity index (χ4n) is 2.22. The van der Waals surface area contributed by atoms with Gasteiger partial charge in [0.15, 0.2) is 0 Å². The lowest BCUT2D eigenvalue weighted by atomic mass is 9.98. The summed E-state index contributed by atoms with van der Waals surface area (Å²) in [6, 6.07) is 0.0630. The standard InChI is InChI=1S/C11H20N2O/c1-11(2,8-5-6-8)13-10(14)9-4-3-7-12-9/h8-9,12H,3-7H2,1-2H3,(H,13,14)/t9-/m0/s1. The van der Waals surface area contributed by atoms with Crippen LogP contribution in [0.4, 0.5) is 0 Å². The zero-order chi connectivity index (χ0) is 10.2. The number of hydrogen-bond donors (Lipinski definition) is 2. The molecular formula is C11H20N2O. The molecule has 0 spiro atoms. The number of hydrogen-bond acceptors (Lipinski definition) is 2. The van der Waals surface area contributed by atoms with Gasteiger partial charge in [0.2, 0.25) is 5.91 Å². The molecule has 0 aromatic carbocycles. The maximum Gasteiger partial charge on any atom is 0.237 e. The van der Waals surface area contributed by atoms with E-state index >= 15 is 0 Å². The van der Waals surface area contributed by atoms with Gasteiger partial charge < -0.3 is 10.6 Å². The number of nitrogens with one attached hydrogen (secondary N) is 2. The summed E-state index contributed by atoms with van der Waals surface area (Å²) in [6.07, 6.45) is 4.66. The summed E-state index contributed by atoms with van der Waals surface area (Å²) in [4.78, 5) is 11.8. The Labute approximate surface area is 85.6 Å². The van der Waals surface area contributed by atoms with Crippen molar-refractivity contribution in [1.29, 1.82) is 0 Å². The fraction of sp³-hybridized carbons (Fsp3) is 0.909. The van der Waals surface area contributed by atoms with Crippen LogP contribution < -0.4 is 10.6 Å². The highest BCUT2D eigenvalue weighted by molar-refractivity contribution is 5.82. The molecule has 3 heteroatoms. The molecule has 1 saturated heterocycles. The Bertz CT molecular complexity index is 227. The Morgan fingerprint density at radius 3 is 2.57 bits per heavy atom. The summed E-state index contributed by atoms with van der Waals surface area (Å²) in [7, 11) is 0. The first kappa shape index (κ1) is 9.97. The van der Waals surface area contributed by atoms with Crippen LogP contribution in [0.2, 0.25) is 0 Å². The predicted molar refractivity (Wildman–Crippen MR) is 56.0 cm³/mol. The van der Waals surface area contributed by atoms with Crippen LogP contribution >= 0.6 is 0 Å². The molecule has 14 heavy (non-hydrogen) atoms. The monoisotopic (exact) mass is 196 g/mol. The zero-order valence-corrected chi connectivity index (χ0v) is 9.10. The van der Waals surface area contributed by atoms with Crippen LogP contribution in [-0.4, -0.2) is 24.0 Å². The molecule has 0 unspecified atom stereocenters. The third-order valence-electron chi connectivity index (χ3n) is 3.42. The molecule has 1 saturated carbocycles. The van der Waals surface area contributed by atoms with Crippen LogP contribution in [0.25, 0.3) is 0 Å². The molecule has 0 aromatic heterocycles. The molecule has 1 amide bonds. The molecule has 1 aliphatic carbocycles. The zero-order valence-electron chi connectivity index (χ0n) is 9.10. The van der Waals surface area contributed by atoms with E-state index in [0.717, 1.165) is 19.4 Å². The quantitative estimate of drug-likeness (QED) is 0.708. The van der Waals surface area contributed by atoms with Crippen molar-refractivity contribution in [2.24, 2.45) is 5.92 Å². The van der Waals surface area contributed by atoms with E-state index in [-0.39, 0.29) is 17.5 Å². The van der Waals surface area contributed by atoms with Gasteiger partial charge in [-0.1, -0.05) is 0 Å². The second-order valence-corrected chi connectivity index (χ2v) is 5.13. The van der Waals surface area contributed by atoms with Gasteiger partial charge >= 0.3 is 0 Å². The normalized spacial score (nSPS) is 27.7. The van der Waals surface area contributed by atoms with E-state index in [1.165, 1.54) is 12.8 Å². The number of amides is 1. The molecule has 3 nitrogen and oxygen atoms in total. The van der Waals surface area contributed by atoms with Gasteiger partial charge in [-0.2, -0.15) is 0 Å². The lowest BCUT2D eigenvalue weighted by molar-refractivity contribution is -0.124. The Kier molecular flexibility index (Phi) is 2.52. The Hall–Kier alpha value is -0.570. The van der Waals surface area contributed by atoms with Crippen molar-refractivity contribution in [3.05, 3.63) is 0 Å². The van der Waals surface area contributed by atoms with Crippen LogP contribution in [0, 0.1) is 5.92 Å². The summed E-state index contributed by atoms with van der Waals surface area (Å²) < 4.78 is 0. The molecule has 2 aliphatic rings. The fourth-order valence-corrected chi connectivity index (χ4v) is 2.22. The van der Waals surface area contributed by atoms with E-state index in [9.17, 15) is 4.79 Å². The first-order chi connectivity index (χ1) is 6.59. The van der Waals surface area contributed by atoms with Gasteiger partial charge in [0.05, 0.1) is 6.04 Å². The molecule has 1 aliphatic heterocycles. The first-order valence-electron chi connectivity index (χ1n) is 5.65. The molecule has 2 rings (SSSR count). The van der Waals surface area contributed by atoms with Crippen molar-refractivity contribution >= 4 is 5.91 Å². The highest BCUT2D eigenvalue weighted by Gasteiger charge is 2.39. The van der Waals surface area contributed by atoms with Crippen molar-refractivity contribution in [2.75, 3.05) is 6.54 Å². The van der Waals surface area contributed by atoms with Crippen molar-refractivity contribution < 1.29 is 4.79 Å². The Morgan fingerprint density at radius 1 is 1.36 bits per heavy atom. The van der Waals surface area contributed by atoms with Crippen molar-refractivity contribution in [2.45, 2.75) is 51.1 Å². The van der Waals surface area contributed by atoms with Gasteiger partial charge in [0.25, 0.3) is 0 Å². The van der Waals surface area contributed by atoms with Crippen LogP contribution in [0.15, 0.2) is 0 Å². The summed E-state index contributed by atoms with van der Waals surface area (Å²) in [5.41, 5.74) is 0.00134. The highest BCUT2D eigenvalue weighted by atomic mass is 16.2. The number of carbonyl (C=O) groups is 1. The second kappa shape index (κ2) is 3.54. The van der Waals surface area contributed by atoms with Crippen LogP contribution in [0.3, 0.4) is 0 Å². The van der Waals surface area contributed by atoms with E-state index in [2.05, 4.69) is 24.5 Å². The average Bonchev–Trinajstić information content (AvgIpc) is 2.82. The average molecular weight is 196 g/mol. The van der Waals surface area contributed by atoms with Crippen molar-refractivity contribution in [1.82, 2.24) is 10.6 Å². The molecule has 1 atom stereocenters. The maximum atomic E-state index is 11.8. The molecule has 2 fully saturated rings. The lowest BCUT2D eigenvalue weighted by Crippen LogP contribution is -2.51.